The van der Waals surface area contributed by atoms with Crippen molar-refractivity contribution in [3.63, 3.8) is 0 Å². The van der Waals surface area contributed by atoms with Gasteiger partial charge in [-0.1, -0.05) is 12.1 Å². The van der Waals surface area contributed by atoms with Crippen molar-refractivity contribution in [3.8, 4) is 5.75 Å². The summed E-state index contributed by atoms with van der Waals surface area (Å²) in [6.07, 6.45) is 0.412. The van der Waals surface area contributed by atoms with E-state index >= 15 is 0 Å². The standard InChI is InChI=1S/C14H18F2N2O4S/c1-18(10-6-7-23(20,21)9-10)13(19)8-17-11-4-2-3-5-12(11)22-14(15)16/h2-5,10,14,17H,6-9H2,1H3/t10-/m0/s1. The van der Waals surface area contributed by atoms with Gasteiger partial charge in [0.15, 0.2) is 9.84 Å². The molecule has 0 saturated carbocycles. The van der Waals surface area contributed by atoms with Crippen molar-refractivity contribution in [3.05, 3.63) is 24.3 Å². The minimum Gasteiger partial charge on any atom is -0.433 e. The van der Waals surface area contributed by atoms with E-state index in [1.807, 2.05) is 0 Å². The molecule has 0 unspecified atom stereocenters. The Morgan fingerprint density at radius 2 is 2.13 bits per heavy atom. The number of anilines is 1. The number of nitrogens with zero attached hydrogens (tertiary/aromatic N) is 1. The van der Waals surface area contributed by atoms with Crippen LogP contribution in [0.5, 0.6) is 5.75 Å². The second-order valence-electron chi connectivity index (χ2n) is 5.29. The summed E-state index contributed by atoms with van der Waals surface area (Å²) in [7, 11) is -1.54. The maximum atomic E-state index is 12.3. The van der Waals surface area contributed by atoms with Crippen molar-refractivity contribution in [2.75, 3.05) is 30.4 Å². The van der Waals surface area contributed by atoms with E-state index in [1.165, 1.54) is 24.1 Å². The Hall–Kier alpha value is -1.90. The molecular weight excluding hydrogens is 330 g/mol. The van der Waals surface area contributed by atoms with Crippen LogP contribution in [-0.2, 0) is 14.6 Å². The number of sulfone groups is 1. The van der Waals surface area contributed by atoms with Gasteiger partial charge in [-0.2, -0.15) is 8.78 Å². The number of hydrogen-bond acceptors (Lipinski definition) is 5. The van der Waals surface area contributed by atoms with E-state index < -0.39 is 16.4 Å². The van der Waals surface area contributed by atoms with Crippen molar-refractivity contribution >= 4 is 21.4 Å². The van der Waals surface area contributed by atoms with E-state index in [2.05, 4.69) is 10.1 Å². The minimum absolute atomic E-state index is 0.0413. The third-order valence-electron chi connectivity index (χ3n) is 3.68. The molecule has 1 aromatic rings. The number of alkyl halides is 2. The summed E-state index contributed by atoms with van der Waals surface area (Å²) in [5.41, 5.74) is 0.272. The largest absolute Gasteiger partial charge is 0.433 e. The molecule has 1 heterocycles. The third kappa shape index (κ3) is 4.78. The number of amides is 1. The normalized spacial score (nSPS) is 19.6. The first-order chi connectivity index (χ1) is 10.8. The van der Waals surface area contributed by atoms with Crippen LogP contribution in [-0.4, -0.2) is 57.0 Å². The molecule has 23 heavy (non-hydrogen) atoms. The fourth-order valence-corrected chi connectivity index (χ4v) is 4.17. The van der Waals surface area contributed by atoms with Gasteiger partial charge in [0, 0.05) is 13.1 Å². The third-order valence-corrected chi connectivity index (χ3v) is 5.43. The SMILES string of the molecule is CN(C(=O)CNc1ccccc1OC(F)F)[C@H]1CCS(=O)(=O)C1. The number of ether oxygens (including phenoxy) is 1. The summed E-state index contributed by atoms with van der Waals surface area (Å²) in [5, 5.41) is 2.74. The van der Waals surface area contributed by atoms with Crippen LogP contribution in [0.4, 0.5) is 14.5 Å². The van der Waals surface area contributed by atoms with Gasteiger partial charge in [-0.3, -0.25) is 4.79 Å². The van der Waals surface area contributed by atoms with Gasteiger partial charge in [0.1, 0.15) is 5.75 Å². The first-order valence-electron chi connectivity index (χ1n) is 7.02. The Balaban J connectivity index is 1.94. The second-order valence-corrected chi connectivity index (χ2v) is 7.52. The smallest absolute Gasteiger partial charge is 0.387 e. The van der Waals surface area contributed by atoms with Crippen molar-refractivity contribution in [1.82, 2.24) is 4.90 Å². The number of carbonyl (C=O) groups excluding carboxylic acids is 1. The number of nitrogens with one attached hydrogen (secondary N) is 1. The highest BCUT2D eigenvalue weighted by Crippen LogP contribution is 2.25. The van der Waals surface area contributed by atoms with Crippen LogP contribution < -0.4 is 10.1 Å². The maximum absolute atomic E-state index is 12.3. The molecule has 0 radical (unpaired) electrons. The summed E-state index contributed by atoms with van der Waals surface area (Å²) in [5.74, 6) is -0.339. The Bertz CT molecular complexity index is 666. The van der Waals surface area contributed by atoms with E-state index in [9.17, 15) is 22.0 Å². The number of likely N-dealkylation sites (N-methyl/N-ethyl adjacent to an activating group) is 1. The molecule has 1 fully saturated rings. The monoisotopic (exact) mass is 348 g/mol. The molecule has 1 amide bonds. The van der Waals surface area contributed by atoms with Crippen LogP contribution in [0.2, 0.25) is 0 Å². The summed E-state index contributed by atoms with van der Waals surface area (Å²) >= 11 is 0. The van der Waals surface area contributed by atoms with Crippen LogP contribution in [0.25, 0.3) is 0 Å². The van der Waals surface area contributed by atoms with Crippen molar-refractivity contribution in [2.24, 2.45) is 0 Å². The molecule has 1 aliphatic heterocycles. The molecule has 0 aromatic heterocycles. The summed E-state index contributed by atoms with van der Waals surface area (Å²) < 4.78 is 51.9. The van der Waals surface area contributed by atoms with Crippen LogP contribution >= 0.6 is 0 Å². The molecule has 128 valence electrons. The predicted octanol–water partition coefficient (Wildman–Crippen LogP) is 1.35. The van der Waals surface area contributed by atoms with Crippen LogP contribution in [0, 0.1) is 0 Å². The van der Waals surface area contributed by atoms with Gasteiger partial charge in [-0.25, -0.2) is 8.42 Å². The van der Waals surface area contributed by atoms with Gasteiger partial charge in [-0.15, -0.1) is 0 Å². The van der Waals surface area contributed by atoms with Crippen molar-refractivity contribution < 1.29 is 26.7 Å². The molecule has 1 aliphatic rings. The Morgan fingerprint density at radius 1 is 1.43 bits per heavy atom. The Labute approximate surface area is 133 Å². The molecule has 1 saturated heterocycles. The average Bonchev–Trinajstić information content (AvgIpc) is 2.85. The number of benzene rings is 1. The summed E-state index contributed by atoms with van der Waals surface area (Å²) in [4.78, 5) is 13.5. The van der Waals surface area contributed by atoms with Gasteiger partial charge in [0.2, 0.25) is 5.91 Å². The number of halogens is 2. The lowest BCUT2D eigenvalue weighted by molar-refractivity contribution is -0.129. The quantitative estimate of drug-likeness (QED) is 0.840. The maximum Gasteiger partial charge on any atom is 0.387 e. The van der Waals surface area contributed by atoms with E-state index in [1.54, 1.807) is 12.1 Å². The van der Waals surface area contributed by atoms with E-state index in [0.29, 0.717) is 6.42 Å². The van der Waals surface area contributed by atoms with Crippen LogP contribution in [0.3, 0.4) is 0 Å². The Kier molecular flexibility index (Phi) is 5.40. The average molecular weight is 348 g/mol. The van der Waals surface area contributed by atoms with Gasteiger partial charge in [-0.05, 0) is 18.6 Å². The first-order valence-corrected chi connectivity index (χ1v) is 8.84. The van der Waals surface area contributed by atoms with Gasteiger partial charge in [0.05, 0.1) is 23.7 Å². The zero-order valence-corrected chi connectivity index (χ0v) is 13.4. The molecule has 9 heteroatoms. The van der Waals surface area contributed by atoms with Gasteiger partial charge < -0.3 is 15.0 Å². The van der Waals surface area contributed by atoms with Crippen LogP contribution in [0.1, 0.15) is 6.42 Å². The van der Waals surface area contributed by atoms with Gasteiger partial charge >= 0.3 is 6.61 Å². The molecule has 2 rings (SSSR count). The van der Waals surface area contributed by atoms with Gasteiger partial charge in [0.25, 0.3) is 0 Å². The first kappa shape index (κ1) is 17.5. The molecule has 0 spiro atoms. The molecule has 0 bridgehead atoms. The van der Waals surface area contributed by atoms with Crippen molar-refractivity contribution in [2.45, 2.75) is 19.1 Å². The molecule has 1 N–H and O–H groups in total. The lowest BCUT2D eigenvalue weighted by Crippen LogP contribution is -2.40. The number of hydrogen-bond donors (Lipinski definition) is 1. The molecular formula is C14H18F2N2O4S. The fourth-order valence-electron chi connectivity index (χ4n) is 2.39. The second kappa shape index (κ2) is 7.12. The lowest BCUT2D eigenvalue weighted by atomic mass is 10.2. The highest BCUT2D eigenvalue weighted by Gasteiger charge is 2.32. The molecule has 1 atom stereocenters. The summed E-state index contributed by atoms with van der Waals surface area (Å²) in [6.45, 7) is -3.10. The molecule has 6 nitrogen and oxygen atoms in total. The fraction of sp³-hybridized carbons (Fsp3) is 0.500. The zero-order valence-electron chi connectivity index (χ0n) is 12.5. The minimum atomic E-state index is -3.08. The number of rotatable bonds is 6. The van der Waals surface area contributed by atoms with E-state index in [4.69, 9.17) is 0 Å². The zero-order chi connectivity index (χ0) is 17.0. The number of carbonyl (C=O) groups is 1. The van der Waals surface area contributed by atoms with E-state index in [0.717, 1.165) is 0 Å². The summed E-state index contributed by atoms with van der Waals surface area (Å²) in [6, 6.07) is 5.71. The number of para-hydroxylation sites is 2. The topological polar surface area (TPSA) is 75.7 Å². The van der Waals surface area contributed by atoms with Crippen molar-refractivity contribution in [1.29, 1.82) is 0 Å². The molecule has 0 aliphatic carbocycles. The highest BCUT2D eigenvalue weighted by atomic mass is 32.2. The predicted molar refractivity (Wildman–Crippen MR) is 81.4 cm³/mol. The van der Waals surface area contributed by atoms with E-state index in [-0.39, 0.29) is 41.4 Å². The van der Waals surface area contributed by atoms with Crippen LogP contribution in [0.15, 0.2) is 24.3 Å². The lowest BCUT2D eigenvalue weighted by Gasteiger charge is -2.24. The Morgan fingerprint density at radius 3 is 2.74 bits per heavy atom. The highest BCUT2D eigenvalue weighted by molar-refractivity contribution is 7.91. The molecule has 1 aromatic carbocycles.